The average Bonchev–Trinajstić information content (AvgIpc) is 2.70. The fraction of sp³-hybridized carbons (Fsp3) is 0.182. The molecule has 0 atom stereocenters. The normalized spacial score (nSPS) is 10.1. The van der Waals surface area contributed by atoms with Gasteiger partial charge in [0.05, 0.1) is 12.7 Å². The van der Waals surface area contributed by atoms with Crippen molar-refractivity contribution in [3.8, 4) is 0 Å². The molecule has 0 aromatic carbocycles. The number of nitrogens with zero attached hydrogens (tertiary/aromatic N) is 2. The Morgan fingerprint density at radius 2 is 2.44 bits per heavy atom. The van der Waals surface area contributed by atoms with Gasteiger partial charge in [0, 0.05) is 29.5 Å². The molecule has 2 aromatic rings. The van der Waals surface area contributed by atoms with E-state index in [2.05, 4.69) is 20.3 Å². The van der Waals surface area contributed by atoms with Gasteiger partial charge in [-0.25, -0.2) is 4.98 Å². The minimum Gasteiger partial charge on any atom is -0.348 e. The maximum absolute atomic E-state index is 11.6. The highest BCUT2D eigenvalue weighted by Crippen LogP contribution is 2.07. The number of aryl methyl sites for hydroxylation is 1. The number of nitrogens with one attached hydrogen (secondary N) is 2. The van der Waals surface area contributed by atoms with Gasteiger partial charge in [-0.1, -0.05) is 0 Å². The maximum atomic E-state index is 11.6. The summed E-state index contributed by atoms with van der Waals surface area (Å²) < 4.78 is 0. The van der Waals surface area contributed by atoms with E-state index in [1.54, 1.807) is 24.8 Å². The number of hydrogen-bond acceptors (Lipinski definition) is 3. The Kier molecular flexibility index (Phi) is 2.95. The van der Waals surface area contributed by atoms with Crippen molar-refractivity contribution in [2.24, 2.45) is 0 Å². The summed E-state index contributed by atoms with van der Waals surface area (Å²) in [5.41, 5.74) is 2.43. The largest absolute Gasteiger partial charge is 0.348 e. The fourth-order valence-corrected chi connectivity index (χ4v) is 1.38. The molecule has 0 aliphatic heterocycles. The lowest BCUT2D eigenvalue weighted by molar-refractivity contribution is -0.115. The van der Waals surface area contributed by atoms with Crippen LogP contribution < -0.4 is 5.32 Å². The molecule has 0 saturated heterocycles. The quantitative estimate of drug-likeness (QED) is 0.812. The van der Waals surface area contributed by atoms with Gasteiger partial charge in [-0.2, -0.15) is 0 Å². The Morgan fingerprint density at radius 3 is 3.12 bits per heavy atom. The second-order valence-corrected chi connectivity index (χ2v) is 3.49. The third-order valence-corrected chi connectivity index (χ3v) is 2.09. The van der Waals surface area contributed by atoms with Crippen molar-refractivity contribution in [3.63, 3.8) is 0 Å². The smallest absolute Gasteiger partial charge is 0.230 e. The minimum absolute atomic E-state index is 0.0742. The molecule has 0 saturated carbocycles. The van der Waals surface area contributed by atoms with Crippen LogP contribution in [0.4, 0.5) is 5.69 Å². The molecule has 0 fully saturated rings. The molecule has 0 bridgehead atoms. The second kappa shape index (κ2) is 4.57. The Bertz CT molecular complexity index is 478. The van der Waals surface area contributed by atoms with E-state index < -0.39 is 0 Å². The number of carbonyl (C=O) groups excluding carboxylic acids is 1. The predicted octanol–water partition coefficient (Wildman–Crippen LogP) is 1.29. The first-order chi connectivity index (χ1) is 7.74. The summed E-state index contributed by atoms with van der Waals surface area (Å²) in [6.45, 7) is 1.88. The number of amides is 1. The zero-order valence-corrected chi connectivity index (χ0v) is 8.90. The summed E-state index contributed by atoms with van der Waals surface area (Å²) in [6.07, 6.45) is 5.15. The van der Waals surface area contributed by atoms with E-state index in [1.807, 2.05) is 13.0 Å². The van der Waals surface area contributed by atoms with Gasteiger partial charge in [0.15, 0.2) is 0 Å². The number of imidazole rings is 1. The first-order valence-electron chi connectivity index (χ1n) is 4.94. The number of aromatic amines is 1. The van der Waals surface area contributed by atoms with Crippen LogP contribution in [-0.2, 0) is 11.2 Å². The molecule has 82 valence electrons. The van der Waals surface area contributed by atoms with Gasteiger partial charge in [0.2, 0.25) is 5.91 Å². The molecule has 2 N–H and O–H groups in total. The van der Waals surface area contributed by atoms with Crippen molar-refractivity contribution in [2.45, 2.75) is 13.3 Å². The van der Waals surface area contributed by atoms with Crippen molar-refractivity contribution in [3.05, 3.63) is 42.2 Å². The molecule has 0 aliphatic rings. The number of rotatable bonds is 3. The summed E-state index contributed by atoms with van der Waals surface area (Å²) in [7, 11) is 0. The van der Waals surface area contributed by atoms with E-state index in [0.29, 0.717) is 6.42 Å². The highest BCUT2D eigenvalue weighted by molar-refractivity contribution is 5.91. The lowest BCUT2D eigenvalue weighted by Crippen LogP contribution is -2.14. The van der Waals surface area contributed by atoms with Gasteiger partial charge in [0.1, 0.15) is 0 Å². The molecular formula is C11H12N4O. The third-order valence-electron chi connectivity index (χ3n) is 2.09. The SMILES string of the molecule is Cc1cc(NC(=O)Cc2cnc[nH]2)ccn1. The standard InChI is InChI=1S/C11H12N4O/c1-8-4-9(2-3-13-8)15-11(16)5-10-6-12-7-14-10/h2-4,6-7H,5H2,1H3,(H,12,14)(H,13,15,16). The van der Waals surface area contributed by atoms with E-state index in [9.17, 15) is 4.79 Å². The summed E-state index contributed by atoms with van der Waals surface area (Å²) in [6, 6.07) is 3.59. The first kappa shape index (κ1) is 10.4. The molecule has 5 nitrogen and oxygen atoms in total. The Balaban J connectivity index is 1.97. The molecule has 0 unspecified atom stereocenters. The van der Waals surface area contributed by atoms with Crippen LogP contribution in [0.1, 0.15) is 11.4 Å². The van der Waals surface area contributed by atoms with Gasteiger partial charge in [-0.05, 0) is 19.1 Å². The van der Waals surface area contributed by atoms with Crippen molar-refractivity contribution >= 4 is 11.6 Å². The Labute approximate surface area is 92.9 Å². The van der Waals surface area contributed by atoms with Crippen LogP contribution >= 0.6 is 0 Å². The molecule has 0 radical (unpaired) electrons. The topological polar surface area (TPSA) is 70.7 Å². The predicted molar refractivity (Wildman–Crippen MR) is 59.9 cm³/mol. The molecule has 0 aliphatic carbocycles. The number of carbonyl (C=O) groups is 1. The summed E-state index contributed by atoms with van der Waals surface area (Å²) >= 11 is 0. The van der Waals surface area contributed by atoms with Crippen LogP contribution in [0, 0.1) is 6.92 Å². The second-order valence-electron chi connectivity index (χ2n) is 3.49. The summed E-state index contributed by atoms with van der Waals surface area (Å²) in [5, 5.41) is 2.79. The average molecular weight is 216 g/mol. The van der Waals surface area contributed by atoms with Crippen molar-refractivity contribution in [2.75, 3.05) is 5.32 Å². The van der Waals surface area contributed by atoms with Gasteiger partial charge in [-0.15, -0.1) is 0 Å². The highest BCUT2D eigenvalue weighted by Gasteiger charge is 2.04. The lowest BCUT2D eigenvalue weighted by atomic mass is 10.3. The molecule has 2 heterocycles. The Morgan fingerprint density at radius 1 is 1.56 bits per heavy atom. The van der Waals surface area contributed by atoms with Gasteiger partial charge in [-0.3, -0.25) is 9.78 Å². The molecule has 1 amide bonds. The monoisotopic (exact) mass is 216 g/mol. The summed E-state index contributed by atoms with van der Waals surface area (Å²) in [5.74, 6) is -0.0742. The van der Waals surface area contributed by atoms with E-state index in [4.69, 9.17) is 0 Å². The van der Waals surface area contributed by atoms with Crippen LogP contribution in [0.5, 0.6) is 0 Å². The van der Waals surface area contributed by atoms with Gasteiger partial charge >= 0.3 is 0 Å². The first-order valence-corrected chi connectivity index (χ1v) is 4.94. The van der Waals surface area contributed by atoms with E-state index in [1.165, 1.54) is 0 Å². The molecule has 5 heteroatoms. The maximum Gasteiger partial charge on any atom is 0.230 e. The molecule has 2 rings (SSSR count). The zero-order chi connectivity index (χ0) is 11.4. The van der Waals surface area contributed by atoms with Gasteiger partial charge in [0.25, 0.3) is 0 Å². The van der Waals surface area contributed by atoms with Crippen LogP contribution in [-0.4, -0.2) is 20.9 Å². The fourth-order valence-electron chi connectivity index (χ4n) is 1.38. The van der Waals surface area contributed by atoms with E-state index in [-0.39, 0.29) is 5.91 Å². The van der Waals surface area contributed by atoms with Crippen molar-refractivity contribution < 1.29 is 4.79 Å². The van der Waals surface area contributed by atoms with E-state index in [0.717, 1.165) is 17.1 Å². The van der Waals surface area contributed by atoms with Crippen LogP contribution in [0.25, 0.3) is 0 Å². The van der Waals surface area contributed by atoms with Crippen molar-refractivity contribution in [1.29, 1.82) is 0 Å². The number of anilines is 1. The number of H-pyrrole nitrogens is 1. The highest BCUT2D eigenvalue weighted by atomic mass is 16.1. The Hall–Kier alpha value is -2.17. The molecule has 16 heavy (non-hydrogen) atoms. The third kappa shape index (κ3) is 2.66. The van der Waals surface area contributed by atoms with Crippen molar-refractivity contribution in [1.82, 2.24) is 15.0 Å². The van der Waals surface area contributed by atoms with Gasteiger partial charge < -0.3 is 10.3 Å². The number of aromatic nitrogens is 3. The molecule has 0 spiro atoms. The number of pyridine rings is 1. The van der Waals surface area contributed by atoms with Crippen LogP contribution in [0.3, 0.4) is 0 Å². The number of hydrogen-bond donors (Lipinski definition) is 2. The van der Waals surface area contributed by atoms with E-state index >= 15 is 0 Å². The molecule has 2 aromatic heterocycles. The zero-order valence-electron chi connectivity index (χ0n) is 8.90. The summed E-state index contributed by atoms with van der Waals surface area (Å²) in [4.78, 5) is 22.4. The van der Waals surface area contributed by atoms with Crippen LogP contribution in [0.2, 0.25) is 0 Å². The lowest BCUT2D eigenvalue weighted by Gasteiger charge is -2.04. The minimum atomic E-state index is -0.0742. The van der Waals surface area contributed by atoms with Crippen LogP contribution in [0.15, 0.2) is 30.9 Å². The molecular weight excluding hydrogens is 204 g/mol.